The van der Waals surface area contributed by atoms with E-state index in [-0.39, 0.29) is 61.4 Å². The molecule has 0 aliphatic rings. The number of ketones is 1. The lowest BCUT2D eigenvalue weighted by Crippen LogP contribution is -2.54. The summed E-state index contributed by atoms with van der Waals surface area (Å²) in [5, 5.41) is 10.7. The molecule has 0 aliphatic carbocycles. The number of nitrogens with two attached hydrogens (primary N) is 1. The van der Waals surface area contributed by atoms with Crippen LogP contribution in [0.2, 0.25) is 0 Å². The molecule has 0 spiro atoms. The van der Waals surface area contributed by atoms with Crippen LogP contribution in [-0.4, -0.2) is 54.1 Å². The van der Waals surface area contributed by atoms with Crippen LogP contribution in [0.1, 0.15) is 85.6 Å². The number of anilines is 1. The Bertz CT molecular complexity index is 1090. The predicted octanol–water partition coefficient (Wildman–Crippen LogP) is 3.18. The van der Waals surface area contributed by atoms with Crippen LogP contribution in [-0.2, 0) is 35.3 Å². The molecule has 1 rings (SSSR count). The van der Waals surface area contributed by atoms with Gasteiger partial charge in [0.1, 0.15) is 24.5 Å². The second-order valence-corrected chi connectivity index (χ2v) is 11.6. The fraction of sp³-hybridized carbons (Fsp3) is 0.613. The monoisotopic (exact) mass is 603 g/mol. The minimum Gasteiger partial charge on any atom is -0.461 e. The van der Waals surface area contributed by atoms with Crippen molar-refractivity contribution in [3.05, 3.63) is 29.8 Å². The lowest BCUT2D eigenvalue weighted by molar-refractivity contribution is -0.148. The Morgan fingerprint density at radius 1 is 0.791 bits per heavy atom. The van der Waals surface area contributed by atoms with Gasteiger partial charge in [-0.25, -0.2) is 4.79 Å². The van der Waals surface area contributed by atoms with Crippen molar-refractivity contribution in [2.75, 3.05) is 11.9 Å². The van der Waals surface area contributed by atoms with Crippen molar-refractivity contribution in [2.45, 2.75) is 98.8 Å². The summed E-state index contributed by atoms with van der Waals surface area (Å²) in [7, 11) is 0. The van der Waals surface area contributed by atoms with Crippen molar-refractivity contribution in [1.82, 2.24) is 16.0 Å². The zero-order valence-electron chi connectivity index (χ0n) is 26.3. The predicted molar refractivity (Wildman–Crippen MR) is 164 cm³/mol. The van der Waals surface area contributed by atoms with Crippen LogP contribution in [0.4, 0.5) is 10.5 Å². The van der Waals surface area contributed by atoms with Gasteiger partial charge in [0, 0.05) is 31.0 Å². The van der Waals surface area contributed by atoms with E-state index in [9.17, 15) is 28.8 Å². The van der Waals surface area contributed by atoms with E-state index in [1.54, 1.807) is 52.0 Å². The molecule has 43 heavy (non-hydrogen) atoms. The van der Waals surface area contributed by atoms with E-state index in [1.807, 2.05) is 13.8 Å². The van der Waals surface area contributed by atoms with E-state index < -0.39 is 29.9 Å². The van der Waals surface area contributed by atoms with Crippen LogP contribution in [0.5, 0.6) is 0 Å². The molecule has 2 atom stereocenters. The van der Waals surface area contributed by atoms with Crippen LogP contribution in [0.3, 0.4) is 0 Å². The van der Waals surface area contributed by atoms with E-state index in [2.05, 4.69) is 21.3 Å². The Labute approximate surface area is 254 Å². The fourth-order valence-electron chi connectivity index (χ4n) is 3.94. The first-order chi connectivity index (χ1) is 20.2. The minimum atomic E-state index is -0.964. The van der Waals surface area contributed by atoms with Gasteiger partial charge in [-0.2, -0.15) is 0 Å². The van der Waals surface area contributed by atoms with E-state index in [4.69, 9.17) is 10.5 Å². The summed E-state index contributed by atoms with van der Waals surface area (Å²) in [6.07, 6.45) is 2.26. The number of hydrogen-bond donors (Lipinski definition) is 5. The zero-order valence-corrected chi connectivity index (χ0v) is 26.3. The van der Waals surface area contributed by atoms with Gasteiger partial charge >= 0.3 is 12.0 Å². The Hall–Kier alpha value is -3.96. The van der Waals surface area contributed by atoms with Crippen molar-refractivity contribution in [3.63, 3.8) is 0 Å². The molecule has 1 aromatic rings. The molecule has 0 aliphatic heterocycles. The minimum absolute atomic E-state index is 0.0416. The van der Waals surface area contributed by atoms with Crippen LogP contribution < -0.4 is 27.0 Å². The Balaban J connectivity index is 2.84. The number of ether oxygens (including phenoxy) is 1. The number of primary amides is 1. The standard InChI is InChI=1S/C31H49N5O7/c1-19(2)25(37)11-7-8-12-26(38)36-27(20(3)4)29(40)35-24(10-9-17-33-31(32)42)28(39)34-23-15-13-22(14-16-23)18-43-30(41)21(5)6/h13-16,19-21,24,27H,7-12,17-18H2,1-6H3,(H,34,39)(H,35,40)(H,36,38)(H3,32,33,42)/t24-,27-/m0/s1. The number of carbonyl (C=O) groups excluding carboxylic acids is 6. The third kappa shape index (κ3) is 15.2. The summed E-state index contributed by atoms with van der Waals surface area (Å²) in [5.74, 6) is -1.99. The number of urea groups is 1. The molecule has 0 saturated carbocycles. The average Bonchev–Trinajstić information content (AvgIpc) is 2.94. The molecular weight excluding hydrogens is 554 g/mol. The van der Waals surface area contributed by atoms with Crippen LogP contribution in [0, 0.1) is 17.8 Å². The molecular formula is C31H49N5O7. The average molecular weight is 604 g/mol. The van der Waals surface area contributed by atoms with Crippen LogP contribution >= 0.6 is 0 Å². The molecule has 0 heterocycles. The Kier molecular flexibility index (Phi) is 16.6. The third-order valence-electron chi connectivity index (χ3n) is 6.66. The lowest BCUT2D eigenvalue weighted by atomic mass is 10.0. The molecule has 12 heteroatoms. The van der Waals surface area contributed by atoms with Crippen molar-refractivity contribution in [1.29, 1.82) is 0 Å². The van der Waals surface area contributed by atoms with Crippen molar-refractivity contribution >= 4 is 41.2 Å². The first kappa shape index (κ1) is 37.1. The SMILES string of the molecule is CC(C)C(=O)CCCCC(=O)N[C@H](C(=O)N[C@@H](CCCNC(N)=O)C(=O)Nc1ccc(COC(=O)C(C)C)cc1)C(C)C. The highest BCUT2D eigenvalue weighted by Crippen LogP contribution is 2.14. The number of nitrogens with one attached hydrogen (secondary N) is 4. The van der Waals surface area contributed by atoms with Gasteiger partial charge in [-0.15, -0.1) is 0 Å². The molecule has 0 fully saturated rings. The quantitative estimate of drug-likeness (QED) is 0.119. The van der Waals surface area contributed by atoms with E-state index >= 15 is 0 Å². The van der Waals surface area contributed by atoms with Gasteiger partial charge < -0.3 is 31.7 Å². The number of esters is 1. The zero-order chi connectivity index (χ0) is 32.5. The van der Waals surface area contributed by atoms with E-state index in [1.165, 1.54) is 0 Å². The lowest BCUT2D eigenvalue weighted by Gasteiger charge is -2.25. The highest BCUT2D eigenvalue weighted by Gasteiger charge is 2.28. The van der Waals surface area contributed by atoms with Gasteiger partial charge in [0.05, 0.1) is 5.92 Å². The molecule has 0 unspecified atom stereocenters. The number of hydrogen-bond acceptors (Lipinski definition) is 7. The van der Waals surface area contributed by atoms with Crippen LogP contribution in [0.25, 0.3) is 0 Å². The topological polar surface area (TPSA) is 186 Å². The van der Waals surface area contributed by atoms with Crippen LogP contribution in [0.15, 0.2) is 24.3 Å². The van der Waals surface area contributed by atoms with Gasteiger partial charge in [0.25, 0.3) is 0 Å². The summed E-state index contributed by atoms with van der Waals surface area (Å²) < 4.78 is 5.22. The molecule has 0 aromatic heterocycles. The maximum atomic E-state index is 13.3. The fourth-order valence-corrected chi connectivity index (χ4v) is 3.94. The molecule has 240 valence electrons. The number of unbranched alkanes of at least 4 members (excludes halogenated alkanes) is 1. The van der Waals surface area contributed by atoms with E-state index in [0.717, 1.165) is 5.56 Å². The molecule has 0 bridgehead atoms. The maximum absolute atomic E-state index is 13.3. The Morgan fingerprint density at radius 3 is 1.98 bits per heavy atom. The Morgan fingerprint density at radius 2 is 1.42 bits per heavy atom. The van der Waals surface area contributed by atoms with Gasteiger partial charge in [-0.3, -0.25) is 24.0 Å². The first-order valence-corrected chi connectivity index (χ1v) is 14.9. The van der Waals surface area contributed by atoms with Gasteiger partial charge in [0.2, 0.25) is 17.7 Å². The molecule has 0 radical (unpaired) electrons. The highest BCUT2D eigenvalue weighted by molar-refractivity contribution is 5.98. The first-order valence-electron chi connectivity index (χ1n) is 14.9. The largest absolute Gasteiger partial charge is 0.461 e. The summed E-state index contributed by atoms with van der Waals surface area (Å²) in [5.41, 5.74) is 6.35. The highest BCUT2D eigenvalue weighted by atomic mass is 16.5. The summed E-state index contributed by atoms with van der Waals surface area (Å²) >= 11 is 0. The normalized spacial score (nSPS) is 12.4. The molecule has 6 N–H and O–H groups in total. The number of amides is 5. The second-order valence-electron chi connectivity index (χ2n) is 11.6. The van der Waals surface area contributed by atoms with Crippen molar-refractivity contribution in [2.24, 2.45) is 23.5 Å². The van der Waals surface area contributed by atoms with Crippen molar-refractivity contribution < 1.29 is 33.5 Å². The number of carbonyl (C=O) groups is 6. The third-order valence-corrected chi connectivity index (χ3v) is 6.66. The smallest absolute Gasteiger partial charge is 0.312 e. The summed E-state index contributed by atoms with van der Waals surface area (Å²) in [4.78, 5) is 73.6. The molecule has 0 saturated heterocycles. The number of benzene rings is 1. The number of rotatable bonds is 19. The van der Waals surface area contributed by atoms with Gasteiger partial charge in [0.15, 0.2) is 0 Å². The summed E-state index contributed by atoms with van der Waals surface area (Å²) in [6, 6.07) is 4.23. The molecule has 12 nitrogen and oxygen atoms in total. The van der Waals surface area contributed by atoms with Crippen molar-refractivity contribution in [3.8, 4) is 0 Å². The second kappa shape index (κ2) is 19.3. The number of Topliss-reactive ketones (excluding diaryl/α,β-unsaturated/α-hetero) is 1. The molecule has 1 aromatic carbocycles. The maximum Gasteiger partial charge on any atom is 0.312 e. The molecule has 5 amide bonds. The van der Waals surface area contributed by atoms with E-state index in [0.29, 0.717) is 31.4 Å². The van der Waals surface area contributed by atoms with Gasteiger partial charge in [-0.1, -0.05) is 53.7 Å². The van der Waals surface area contributed by atoms with Gasteiger partial charge in [-0.05, 0) is 49.3 Å². The summed E-state index contributed by atoms with van der Waals surface area (Å²) in [6.45, 7) is 11.1.